The van der Waals surface area contributed by atoms with Crippen molar-refractivity contribution in [2.75, 3.05) is 45.3 Å². The highest BCUT2D eigenvalue weighted by molar-refractivity contribution is 6.32. The normalized spacial score (nSPS) is 18.3. The highest BCUT2D eigenvalue weighted by Gasteiger charge is 2.34. The second-order valence-electron chi connectivity index (χ2n) is 5.75. The molecule has 0 N–H and O–H groups in total. The first-order valence-electron chi connectivity index (χ1n) is 7.59. The van der Waals surface area contributed by atoms with Gasteiger partial charge in [0.2, 0.25) is 5.91 Å². The number of carbonyl (C=O) groups is 1. The molecule has 22 heavy (non-hydrogen) atoms. The Balaban J connectivity index is 1.73. The monoisotopic (exact) mass is 324 g/mol. The largest absolute Gasteiger partial charge is 0.495 e. The van der Waals surface area contributed by atoms with Gasteiger partial charge in [0.15, 0.2) is 0 Å². The molecule has 0 aromatic heterocycles. The Morgan fingerprint density at radius 1 is 1.09 bits per heavy atom. The Hall–Kier alpha value is -1.62. The predicted molar refractivity (Wildman–Crippen MR) is 86.1 cm³/mol. The Morgan fingerprint density at radius 2 is 1.73 bits per heavy atom. The molecule has 1 amide bonds. The van der Waals surface area contributed by atoms with Crippen molar-refractivity contribution in [3.63, 3.8) is 0 Å². The lowest BCUT2D eigenvalue weighted by molar-refractivity contribution is -0.132. The van der Waals surface area contributed by atoms with Crippen molar-refractivity contribution in [3.05, 3.63) is 17.2 Å². The average Bonchev–Trinajstić information content (AvgIpc) is 3.39. The number of amides is 1. The lowest BCUT2D eigenvalue weighted by atomic mass is 10.2. The van der Waals surface area contributed by atoms with Crippen molar-refractivity contribution < 1.29 is 14.3 Å². The summed E-state index contributed by atoms with van der Waals surface area (Å²) in [6, 6.07) is 3.68. The lowest BCUT2D eigenvalue weighted by Crippen LogP contribution is -2.49. The van der Waals surface area contributed by atoms with E-state index in [0.717, 1.165) is 50.5 Å². The Morgan fingerprint density at radius 3 is 2.27 bits per heavy atom. The van der Waals surface area contributed by atoms with E-state index >= 15 is 0 Å². The summed E-state index contributed by atoms with van der Waals surface area (Å²) in [6.07, 6.45) is 2.11. The van der Waals surface area contributed by atoms with E-state index in [1.54, 1.807) is 20.3 Å². The van der Waals surface area contributed by atoms with Gasteiger partial charge in [-0.3, -0.25) is 4.79 Å². The molecular formula is C16H21ClN2O3. The van der Waals surface area contributed by atoms with Crippen LogP contribution in [0.5, 0.6) is 11.5 Å². The van der Waals surface area contributed by atoms with Crippen LogP contribution < -0.4 is 14.4 Å². The second kappa shape index (κ2) is 6.24. The zero-order valence-electron chi connectivity index (χ0n) is 13.0. The van der Waals surface area contributed by atoms with Gasteiger partial charge < -0.3 is 19.3 Å². The van der Waals surface area contributed by atoms with Crippen LogP contribution >= 0.6 is 11.6 Å². The first-order chi connectivity index (χ1) is 10.6. The summed E-state index contributed by atoms with van der Waals surface area (Å²) in [7, 11) is 3.23. The van der Waals surface area contributed by atoms with Crippen LogP contribution in [0.1, 0.15) is 12.8 Å². The van der Waals surface area contributed by atoms with Gasteiger partial charge in [0.25, 0.3) is 0 Å². The molecule has 3 rings (SSSR count). The van der Waals surface area contributed by atoms with Gasteiger partial charge in [0.05, 0.1) is 24.9 Å². The molecule has 5 nitrogen and oxygen atoms in total. The van der Waals surface area contributed by atoms with Crippen molar-refractivity contribution in [2.24, 2.45) is 5.92 Å². The van der Waals surface area contributed by atoms with E-state index in [1.165, 1.54) is 0 Å². The van der Waals surface area contributed by atoms with Crippen molar-refractivity contribution in [1.82, 2.24) is 4.90 Å². The summed E-state index contributed by atoms with van der Waals surface area (Å²) in [5, 5.41) is 0.533. The molecule has 1 aromatic rings. The van der Waals surface area contributed by atoms with E-state index in [9.17, 15) is 4.79 Å². The van der Waals surface area contributed by atoms with Crippen molar-refractivity contribution in [1.29, 1.82) is 0 Å². The van der Waals surface area contributed by atoms with Crippen LogP contribution in [0.2, 0.25) is 5.02 Å². The third kappa shape index (κ3) is 2.95. The van der Waals surface area contributed by atoms with Gasteiger partial charge >= 0.3 is 0 Å². The number of hydrogen-bond acceptors (Lipinski definition) is 4. The minimum Gasteiger partial charge on any atom is -0.495 e. The van der Waals surface area contributed by atoms with Gasteiger partial charge in [-0.05, 0) is 12.8 Å². The molecular weight excluding hydrogens is 304 g/mol. The minimum atomic E-state index is 0.289. The van der Waals surface area contributed by atoms with Gasteiger partial charge in [-0.15, -0.1) is 0 Å². The average molecular weight is 325 g/mol. The number of rotatable bonds is 4. The third-order valence-electron chi connectivity index (χ3n) is 4.31. The zero-order chi connectivity index (χ0) is 15.7. The van der Waals surface area contributed by atoms with E-state index < -0.39 is 0 Å². The fraction of sp³-hybridized carbons (Fsp3) is 0.562. The number of piperazine rings is 1. The minimum absolute atomic E-state index is 0.289. The van der Waals surface area contributed by atoms with Gasteiger partial charge in [-0.2, -0.15) is 0 Å². The summed E-state index contributed by atoms with van der Waals surface area (Å²) < 4.78 is 10.7. The van der Waals surface area contributed by atoms with Crippen LogP contribution in [-0.2, 0) is 4.79 Å². The number of methoxy groups -OCH3 is 2. The predicted octanol–water partition coefficient (Wildman–Crippen LogP) is 2.42. The van der Waals surface area contributed by atoms with E-state index in [-0.39, 0.29) is 5.92 Å². The summed E-state index contributed by atoms with van der Waals surface area (Å²) in [4.78, 5) is 16.3. The number of anilines is 1. The topological polar surface area (TPSA) is 42.0 Å². The molecule has 1 heterocycles. The van der Waals surface area contributed by atoms with Gasteiger partial charge in [0, 0.05) is 44.2 Å². The van der Waals surface area contributed by atoms with Gasteiger partial charge in [-0.1, -0.05) is 11.6 Å². The molecule has 1 aliphatic carbocycles. The van der Waals surface area contributed by atoms with Crippen LogP contribution in [0.25, 0.3) is 0 Å². The summed E-state index contributed by atoms with van der Waals surface area (Å²) >= 11 is 6.15. The van der Waals surface area contributed by atoms with Crippen LogP contribution in [-0.4, -0.2) is 51.2 Å². The first-order valence-corrected chi connectivity index (χ1v) is 7.97. The highest BCUT2D eigenvalue weighted by Crippen LogP contribution is 2.38. The van der Waals surface area contributed by atoms with E-state index in [4.69, 9.17) is 21.1 Å². The maximum Gasteiger partial charge on any atom is 0.225 e. The third-order valence-corrected chi connectivity index (χ3v) is 4.61. The number of hydrogen-bond donors (Lipinski definition) is 0. The van der Waals surface area contributed by atoms with Crippen molar-refractivity contribution in [3.8, 4) is 11.5 Å². The van der Waals surface area contributed by atoms with Crippen LogP contribution in [0, 0.1) is 5.92 Å². The van der Waals surface area contributed by atoms with Crippen LogP contribution in [0.15, 0.2) is 12.1 Å². The molecule has 1 aliphatic heterocycles. The molecule has 0 spiro atoms. The molecule has 6 heteroatoms. The fourth-order valence-corrected chi connectivity index (χ4v) is 3.08. The quantitative estimate of drug-likeness (QED) is 0.853. The number of nitrogens with zero attached hydrogens (tertiary/aromatic N) is 2. The number of benzene rings is 1. The molecule has 0 unspecified atom stereocenters. The smallest absolute Gasteiger partial charge is 0.225 e. The first kappa shape index (κ1) is 15.3. The number of carbonyl (C=O) groups excluding carboxylic acids is 1. The fourth-order valence-electron chi connectivity index (χ4n) is 2.85. The number of ether oxygens (including phenoxy) is 2. The maximum absolute atomic E-state index is 12.1. The van der Waals surface area contributed by atoms with Crippen molar-refractivity contribution in [2.45, 2.75) is 12.8 Å². The summed E-state index contributed by atoms with van der Waals surface area (Å²) in [5.41, 5.74) is 0.960. The Bertz CT molecular complexity index is 567. The zero-order valence-corrected chi connectivity index (χ0v) is 13.7. The molecule has 1 saturated heterocycles. The Kier molecular flexibility index (Phi) is 4.34. The standard InChI is InChI=1S/C16H21ClN2O3/c1-21-14-10-13(15(22-2)9-12(14)17)18-5-7-19(8-6-18)16(20)11-3-4-11/h9-11H,3-8H2,1-2H3. The molecule has 1 aromatic carbocycles. The Labute approximate surface area is 135 Å². The molecule has 2 aliphatic rings. The molecule has 120 valence electrons. The van der Waals surface area contributed by atoms with Crippen molar-refractivity contribution >= 4 is 23.2 Å². The highest BCUT2D eigenvalue weighted by atomic mass is 35.5. The molecule has 1 saturated carbocycles. The van der Waals surface area contributed by atoms with Gasteiger partial charge in [-0.25, -0.2) is 0 Å². The van der Waals surface area contributed by atoms with E-state index in [2.05, 4.69) is 4.90 Å². The summed E-state index contributed by atoms with van der Waals surface area (Å²) in [5.74, 6) is 1.97. The second-order valence-corrected chi connectivity index (χ2v) is 6.15. The molecule has 2 fully saturated rings. The van der Waals surface area contributed by atoms with Gasteiger partial charge in [0.1, 0.15) is 11.5 Å². The maximum atomic E-state index is 12.1. The lowest BCUT2D eigenvalue weighted by Gasteiger charge is -2.37. The van der Waals surface area contributed by atoms with Crippen LogP contribution in [0.4, 0.5) is 5.69 Å². The SMILES string of the molecule is COc1cc(N2CCN(C(=O)C3CC3)CC2)c(OC)cc1Cl. The van der Waals surface area contributed by atoms with E-state index in [1.807, 2.05) is 11.0 Å². The van der Waals surface area contributed by atoms with E-state index in [0.29, 0.717) is 16.7 Å². The summed E-state index contributed by atoms with van der Waals surface area (Å²) in [6.45, 7) is 3.09. The molecule has 0 radical (unpaired) electrons. The molecule has 0 bridgehead atoms. The molecule has 0 atom stereocenters. The number of halogens is 1. The van der Waals surface area contributed by atoms with Crippen LogP contribution in [0.3, 0.4) is 0 Å².